The van der Waals surface area contributed by atoms with E-state index in [-0.39, 0.29) is 31.2 Å². The van der Waals surface area contributed by atoms with E-state index in [2.05, 4.69) is 5.32 Å². The molecule has 0 fully saturated rings. The molecular formula is C30H34N2O7. The zero-order valence-corrected chi connectivity index (χ0v) is 22.2. The number of aliphatic carboxylic acids is 1. The molecule has 0 heterocycles. The molecule has 3 aromatic rings. The lowest BCUT2D eigenvalue weighted by molar-refractivity contribution is -0.144. The van der Waals surface area contributed by atoms with Crippen LogP contribution in [0.1, 0.15) is 19.4 Å². The number of aliphatic hydroxyl groups is 1. The molecule has 9 nitrogen and oxygen atoms in total. The Morgan fingerprint density at radius 2 is 1.44 bits per heavy atom. The molecule has 206 valence electrons. The third-order valence-electron chi connectivity index (χ3n) is 5.91. The number of carbonyl (C=O) groups excluding carboxylic acids is 2. The molecule has 2 amide bonds. The smallest absolute Gasteiger partial charge is 0.342 e. The molecule has 0 aliphatic carbocycles. The van der Waals surface area contributed by atoms with Crippen molar-refractivity contribution >= 4 is 18.0 Å². The van der Waals surface area contributed by atoms with E-state index in [9.17, 15) is 24.6 Å². The SMILES string of the molecule is COc1ccccc1OC(=O)[C@@H](O)CN(CC(C)C)C(=O)N[C@@H](Cc1ccc(-c2ccccc2)cc1)C(=O)O. The van der Waals surface area contributed by atoms with Crippen molar-refractivity contribution in [1.29, 1.82) is 0 Å². The summed E-state index contributed by atoms with van der Waals surface area (Å²) in [5.41, 5.74) is 2.77. The van der Waals surface area contributed by atoms with Crippen LogP contribution in [0.15, 0.2) is 78.9 Å². The van der Waals surface area contributed by atoms with Crippen LogP contribution in [-0.4, -0.2) is 65.4 Å². The Balaban J connectivity index is 1.66. The van der Waals surface area contributed by atoms with E-state index in [0.29, 0.717) is 5.75 Å². The molecule has 0 saturated heterocycles. The van der Waals surface area contributed by atoms with Gasteiger partial charge in [-0.3, -0.25) is 0 Å². The quantitative estimate of drug-likeness (QED) is 0.237. The van der Waals surface area contributed by atoms with Gasteiger partial charge in [-0.2, -0.15) is 0 Å². The van der Waals surface area contributed by atoms with Crippen LogP contribution in [0.25, 0.3) is 11.1 Å². The van der Waals surface area contributed by atoms with Gasteiger partial charge in [0.25, 0.3) is 0 Å². The topological polar surface area (TPSA) is 125 Å². The lowest BCUT2D eigenvalue weighted by Gasteiger charge is -2.28. The number of nitrogens with zero attached hydrogens (tertiary/aromatic N) is 1. The van der Waals surface area contributed by atoms with Gasteiger partial charge in [-0.15, -0.1) is 0 Å². The first-order valence-electron chi connectivity index (χ1n) is 12.6. The molecule has 0 aliphatic rings. The van der Waals surface area contributed by atoms with Crippen molar-refractivity contribution in [2.75, 3.05) is 20.2 Å². The summed E-state index contributed by atoms with van der Waals surface area (Å²) in [6.45, 7) is 3.53. The normalized spacial score (nSPS) is 12.3. The zero-order chi connectivity index (χ0) is 28.4. The number of ether oxygens (including phenoxy) is 2. The minimum atomic E-state index is -1.66. The largest absolute Gasteiger partial charge is 0.493 e. The van der Waals surface area contributed by atoms with Gasteiger partial charge in [0.2, 0.25) is 0 Å². The van der Waals surface area contributed by atoms with Crippen molar-refractivity contribution in [3.8, 4) is 22.6 Å². The molecule has 0 bridgehead atoms. The first-order chi connectivity index (χ1) is 18.7. The number of urea groups is 1. The predicted molar refractivity (Wildman–Crippen MR) is 147 cm³/mol. The summed E-state index contributed by atoms with van der Waals surface area (Å²) in [5.74, 6) is -1.73. The Kier molecular flexibility index (Phi) is 10.5. The maximum absolute atomic E-state index is 13.1. The number of nitrogens with one attached hydrogen (secondary N) is 1. The highest BCUT2D eigenvalue weighted by Crippen LogP contribution is 2.26. The summed E-state index contributed by atoms with van der Waals surface area (Å²) < 4.78 is 10.4. The van der Waals surface area contributed by atoms with E-state index < -0.39 is 30.1 Å². The molecule has 9 heteroatoms. The van der Waals surface area contributed by atoms with Crippen molar-refractivity contribution in [3.05, 3.63) is 84.4 Å². The Bertz CT molecular complexity index is 1250. The minimum Gasteiger partial charge on any atom is -0.493 e. The molecule has 3 aromatic carbocycles. The number of amides is 2. The average molecular weight is 535 g/mol. The number of hydrogen-bond acceptors (Lipinski definition) is 6. The van der Waals surface area contributed by atoms with Crippen molar-refractivity contribution in [2.45, 2.75) is 32.4 Å². The number of rotatable bonds is 12. The Labute approximate surface area is 228 Å². The summed E-state index contributed by atoms with van der Waals surface area (Å²) in [4.78, 5) is 38.9. The van der Waals surface area contributed by atoms with Gasteiger partial charge in [-0.25, -0.2) is 14.4 Å². The van der Waals surface area contributed by atoms with Gasteiger partial charge < -0.3 is 29.9 Å². The van der Waals surface area contributed by atoms with Crippen molar-refractivity contribution in [2.24, 2.45) is 5.92 Å². The highest BCUT2D eigenvalue weighted by molar-refractivity contribution is 5.84. The van der Waals surface area contributed by atoms with E-state index >= 15 is 0 Å². The fourth-order valence-corrected chi connectivity index (χ4v) is 3.98. The Morgan fingerprint density at radius 1 is 0.846 bits per heavy atom. The maximum atomic E-state index is 13.1. The molecule has 39 heavy (non-hydrogen) atoms. The minimum absolute atomic E-state index is 0.0120. The number of aliphatic hydroxyl groups excluding tert-OH is 1. The number of carbonyl (C=O) groups is 3. The fourth-order valence-electron chi connectivity index (χ4n) is 3.98. The van der Waals surface area contributed by atoms with Gasteiger partial charge in [0, 0.05) is 13.0 Å². The van der Waals surface area contributed by atoms with Crippen molar-refractivity contribution in [1.82, 2.24) is 10.2 Å². The van der Waals surface area contributed by atoms with E-state index in [1.807, 2.05) is 68.4 Å². The van der Waals surface area contributed by atoms with Gasteiger partial charge in [-0.1, -0.05) is 80.6 Å². The number of benzene rings is 3. The molecule has 0 radical (unpaired) electrons. The third kappa shape index (κ3) is 8.58. The van der Waals surface area contributed by atoms with Crippen LogP contribution in [0.5, 0.6) is 11.5 Å². The van der Waals surface area contributed by atoms with Gasteiger partial charge in [0.05, 0.1) is 13.7 Å². The summed E-state index contributed by atoms with van der Waals surface area (Å²) in [7, 11) is 1.42. The zero-order valence-electron chi connectivity index (χ0n) is 22.2. The first-order valence-corrected chi connectivity index (χ1v) is 12.6. The fraction of sp³-hybridized carbons (Fsp3) is 0.300. The highest BCUT2D eigenvalue weighted by atomic mass is 16.6. The molecule has 3 rings (SSSR count). The number of carboxylic acids is 1. The van der Waals surface area contributed by atoms with Gasteiger partial charge in [0.1, 0.15) is 6.04 Å². The Morgan fingerprint density at radius 3 is 2.03 bits per heavy atom. The van der Waals surface area contributed by atoms with Gasteiger partial charge >= 0.3 is 18.0 Å². The van der Waals surface area contributed by atoms with Gasteiger partial charge in [-0.05, 0) is 34.7 Å². The number of hydrogen-bond donors (Lipinski definition) is 3. The molecule has 0 aromatic heterocycles. The third-order valence-corrected chi connectivity index (χ3v) is 5.91. The molecule has 0 unspecified atom stereocenters. The second-order valence-electron chi connectivity index (χ2n) is 9.49. The van der Waals surface area contributed by atoms with Crippen LogP contribution < -0.4 is 14.8 Å². The van der Waals surface area contributed by atoms with Crippen LogP contribution in [-0.2, 0) is 16.0 Å². The summed E-state index contributed by atoms with van der Waals surface area (Å²) >= 11 is 0. The van der Waals surface area contributed by atoms with Crippen LogP contribution in [0.2, 0.25) is 0 Å². The highest BCUT2D eigenvalue weighted by Gasteiger charge is 2.28. The monoisotopic (exact) mass is 534 g/mol. The molecule has 0 spiro atoms. The summed E-state index contributed by atoms with van der Waals surface area (Å²) in [6.07, 6.45) is -1.60. The number of methoxy groups -OCH3 is 1. The average Bonchev–Trinajstić information content (AvgIpc) is 2.93. The lowest BCUT2D eigenvalue weighted by atomic mass is 10.0. The second-order valence-corrected chi connectivity index (χ2v) is 9.49. The van der Waals surface area contributed by atoms with Crippen LogP contribution in [0.4, 0.5) is 4.79 Å². The second kappa shape index (κ2) is 14.0. The number of para-hydroxylation sites is 2. The van der Waals surface area contributed by atoms with Crippen LogP contribution >= 0.6 is 0 Å². The predicted octanol–water partition coefficient (Wildman–Crippen LogP) is 3.99. The maximum Gasteiger partial charge on any atom is 0.342 e. The summed E-state index contributed by atoms with van der Waals surface area (Å²) in [5, 5.41) is 22.8. The van der Waals surface area contributed by atoms with E-state index in [1.54, 1.807) is 18.2 Å². The van der Waals surface area contributed by atoms with Crippen LogP contribution in [0.3, 0.4) is 0 Å². The van der Waals surface area contributed by atoms with E-state index in [4.69, 9.17) is 9.47 Å². The van der Waals surface area contributed by atoms with Crippen molar-refractivity contribution < 1.29 is 34.1 Å². The number of esters is 1. The molecule has 0 saturated carbocycles. The standard InChI is InChI=1S/C30H34N2O7/c1-20(2)18-32(19-25(33)29(36)39-27-12-8-7-11-26(27)38-3)30(37)31-24(28(34)35)17-21-13-15-23(16-14-21)22-9-5-4-6-10-22/h4-16,20,24-25,33H,17-19H2,1-3H3,(H,31,37)(H,34,35)/t24-,25-/m0/s1. The summed E-state index contributed by atoms with van der Waals surface area (Å²) in [6, 6.07) is 21.8. The molecule has 3 N–H and O–H groups in total. The molecular weight excluding hydrogens is 500 g/mol. The van der Waals surface area contributed by atoms with Crippen LogP contribution in [0, 0.1) is 5.92 Å². The Hall–Kier alpha value is -4.37. The van der Waals surface area contributed by atoms with E-state index in [1.165, 1.54) is 18.1 Å². The van der Waals surface area contributed by atoms with E-state index in [0.717, 1.165) is 16.7 Å². The molecule has 2 atom stereocenters. The van der Waals surface area contributed by atoms with Gasteiger partial charge in [0.15, 0.2) is 17.6 Å². The number of carboxylic acid groups (broad SMARTS) is 1. The molecule has 0 aliphatic heterocycles. The first kappa shape index (κ1) is 29.2. The lowest BCUT2D eigenvalue weighted by Crippen LogP contribution is -2.52. The van der Waals surface area contributed by atoms with Crippen molar-refractivity contribution in [3.63, 3.8) is 0 Å².